The lowest BCUT2D eigenvalue weighted by molar-refractivity contribution is -0.176. The van der Waals surface area contributed by atoms with Crippen molar-refractivity contribution in [3.63, 3.8) is 0 Å². The van der Waals surface area contributed by atoms with Crippen molar-refractivity contribution in [2.45, 2.75) is 61.5 Å². The molecule has 2 fully saturated rings. The fourth-order valence-corrected chi connectivity index (χ4v) is 6.67. The number of ketones is 1. The maximum Gasteiger partial charge on any atom is 0.325 e. The van der Waals surface area contributed by atoms with Crippen LogP contribution in [0.2, 0.25) is 0 Å². The number of carbonyl (C=O) groups is 5. The molecule has 15 heteroatoms. The molecule has 3 N–H and O–H groups in total. The molecule has 14 nitrogen and oxygen atoms in total. The van der Waals surface area contributed by atoms with E-state index in [1.165, 1.54) is 18.2 Å². The van der Waals surface area contributed by atoms with Gasteiger partial charge in [0.15, 0.2) is 0 Å². The third-order valence-corrected chi connectivity index (χ3v) is 9.13. The highest BCUT2D eigenvalue weighted by Gasteiger charge is 2.46. The molecule has 2 heterocycles. The van der Waals surface area contributed by atoms with E-state index < -0.39 is 63.5 Å². The number of hydrogen-bond donors (Lipinski definition) is 3. The topological polar surface area (TPSA) is 207 Å². The van der Waals surface area contributed by atoms with Crippen molar-refractivity contribution >= 4 is 56.5 Å². The summed E-state index contributed by atoms with van der Waals surface area (Å²) in [7, 11) is -4.23. The van der Waals surface area contributed by atoms with Gasteiger partial charge in [0.2, 0.25) is 21.8 Å². The molecule has 2 aliphatic heterocycles. The third-order valence-electron chi connectivity index (χ3n) is 7.66. The molecular formula is C29H32N6O8S. The Hall–Kier alpha value is -4.72. The Bertz CT molecular complexity index is 1650. The lowest BCUT2D eigenvalue weighted by atomic mass is 9.94. The van der Waals surface area contributed by atoms with Gasteiger partial charge in [0.05, 0.1) is 16.9 Å². The van der Waals surface area contributed by atoms with Crippen LogP contribution in [0.3, 0.4) is 0 Å². The summed E-state index contributed by atoms with van der Waals surface area (Å²) < 4.78 is 29.1. The maximum absolute atomic E-state index is 13.9. The fourth-order valence-electron chi connectivity index (χ4n) is 5.42. The summed E-state index contributed by atoms with van der Waals surface area (Å²) in [5.41, 5.74) is 8.87. The van der Waals surface area contributed by atoms with Gasteiger partial charge in [0, 0.05) is 13.0 Å². The predicted octanol–water partition coefficient (Wildman–Crippen LogP) is 1.04. The Kier molecular flexibility index (Phi) is 10.0. The first kappa shape index (κ1) is 32.2. The van der Waals surface area contributed by atoms with Crippen LogP contribution in [0.15, 0.2) is 60.0 Å². The first-order chi connectivity index (χ1) is 21.0. The van der Waals surface area contributed by atoms with Gasteiger partial charge in [-0.05, 0) is 55.0 Å². The molecule has 2 saturated heterocycles. The molecule has 2 aromatic carbocycles. The number of fused-ring (bicyclic) bond motifs is 2. The van der Waals surface area contributed by atoms with Crippen molar-refractivity contribution in [1.29, 1.82) is 0 Å². The van der Waals surface area contributed by atoms with E-state index in [4.69, 9.17) is 5.53 Å². The number of carbonyl (C=O) groups excluding carboxylic acids is 4. The third kappa shape index (κ3) is 7.08. The number of allylic oxidation sites excluding steroid dienone is 1. The molecule has 0 bridgehead atoms. The molecule has 44 heavy (non-hydrogen) atoms. The van der Waals surface area contributed by atoms with E-state index in [1.807, 2.05) is 12.1 Å². The first-order valence-corrected chi connectivity index (χ1v) is 15.4. The van der Waals surface area contributed by atoms with Gasteiger partial charge in [-0.1, -0.05) is 36.4 Å². The lowest BCUT2D eigenvalue weighted by Crippen LogP contribution is -2.64. The van der Waals surface area contributed by atoms with Gasteiger partial charge in [-0.2, -0.15) is 9.51 Å². The van der Waals surface area contributed by atoms with E-state index in [0.717, 1.165) is 15.4 Å². The molecule has 0 aliphatic carbocycles. The molecule has 0 aromatic heterocycles. The fraction of sp³-hybridized carbons (Fsp3) is 0.379. The summed E-state index contributed by atoms with van der Waals surface area (Å²) in [6.45, 7) is 3.62. The largest absolute Gasteiger partial charge is 0.481 e. The summed E-state index contributed by atoms with van der Waals surface area (Å²) in [4.78, 5) is 67.4. The number of rotatable bonds is 12. The van der Waals surface area contributed by atoms with Crippen molar-refractivity contribution in [2.24, 2.45) is 5.92 Å². The van der Waals surface area contributed by atoms with E-state index in [2.05, 4.69) is 21.4 Å². The number of nitrogens with one attached hydrogen (secondary N) is 2. The second-order valence-electron chi connectivity index (χ2n) is 10.6. The van der Waals surface area contributed by atoms with Gasteiger partial charge in [-0.3, -0.25) is 29.0 Å². The van der Waals surface area contributed by atoms with Gasteiger partial charge in [-0.15, -0.1) is 6.58 Å². The molecule has 0 radical (unpaired) electrons. The smallest absolute Gasteiger partial charge is 0.325 e. The van der Waals surface area contributed by atoms with Crippen LogP contribution in [0.5, 0.6) is 0 Å². The summed E-state index contributed by atoms with van der Waals surface area (Å²) in [5, 5.41) is 15.5. The van der Waals surface area contributed by atoms with Crippen LogP contribution >= 0.6 is 0 Å². The normalized spacial score (nSPS) is 20.1. The van der Waals surface area contributed by atoms with E-state index in [0.29, 0.717) is 18.0 Å². The van der Waals surface area contributed by atoms with Crippen LogP contribution < -0.4 is 10.0 Å². The van der Waals surface area contributed by atoms with Crippen molar-refractivity contribution in [2.75, 3.05) is 6.54 Å². The number of amides is 3. The van der Waals surface area contributed by atoms with Crippen molar-refractivity contribution in [3.05, 3.63) is 60.7 Å². The van der Waals surface area contributed by atoms with Crippen LogP contribution in [0, 0.1) is 5.92 Å². The van der Waals surface area contributed by atoms with E-state index >= 15 is 0 Å². The number of hydrogen-bond acceptors (Lipinski definition) is 7. The van der Waals surface area contributed by atoms with Gasteiger partial charge in [0.25, 0.3) is 11.7 Å². The standard InChI is InChI=1S/C29H32N6O8S/c1-2-6-20(29(40)41)16-23(25(36)17-31-30)32-27(38)24-9-5-14-34-26(37)13-12-22(28(39)35(24)34)33-44(42,43)21-11-10-18-7-3-4-8-19(18)15-21/h2-4,7-8,10-11,15,17,20,22-24,33H,1,5-6,9,12-14,16H2,(H,32,38)(H,40,41)/t20?,22-,23-,24-/m0/s1. The Balaban J connectivity index is 1.60. The summed E-state index contributed by atoms with van der Waals surface area (Å²) in [5.74, 6) is -5.40. The SMILES string of the molecule is C=CCC(C[C@H](NC(=O)[C@@H]1CCCN2C(=O)CC[C@H](NS(=O)(=O)c3ccc4ccccc4c3)C(=O)N12)C(=O)C=[N+]=[N-])C(=O)O. The molecule has 0 saturated carbocycles. The average molecular weight is 625 g/mol. The second kappa shape index (κ2) is 13.7. The number of hydrazine groups is 1. The van der Waals surface area contributed by atoms with Gasteiger partial charge < -0.3 is 16.0 Å². The molecule has 4 rings (SSSR count). The zero-order valence-electron chi connectivity index (χ0n) is 23.7. The molecular weight excluding hydrogens is 592 g/mol. The molecule has 4 atom stereocenters. The number of carboxylic acid groups (broad SMARTS) is 1. The minimum Gasteiger partial charge on any atom is -0.481 e. The van der Waals surface area contributed by atoms with Crippen LogP contribution in [0.25, 0.3) is 16.3 Å². The molecule has 232 valence electrons. The Morgan fingerprint density at radius 3 is 2.55 bits per heavy atom. The Morgan fingerprint density at radius 1 is 1.14 bits per heavy atom. The number of carboxylic acids is 1. The number of benzene rings is 2. The van der Waals surface area contributed by atoms with E-state index in [9.17, 15) is 37.5 Å². The van der Waals surface area contributed by atoms with Crippen molar-refractivity contribution < 1.29 is 42.3 Å². The summed E-state index contributed by atoms with van der Waals surface area (Å²) in [6, 6.07) is 7.54. The minimum absolute atomic E-state index is 0.0133. The Morgan fingerprint density at radius 2 is 1.86 bits per heavy atom. The second-order valence-corrected chi connectivity index (χ2v) is 12.3. The van der Waals surface area contributed by atoms with Crippen LogP contribution in [-0.4, -0.2) is 88.7 Å². The number of sulfonamides is 1. The van der Waals surface area contributed by atoms with Gasteiger partial charge in [-0.25, -0.2) is 13.4 Å². The lowest BCUT2D eigenvalue weighted by Gasteiger charge is -2.43. The minimum atomic E-state index is -4.23. The molecule has 0 spiro atoms. The van der Waals surface area contributed by atoms with E-state index in [1.54, 1.807) is 18.2 Å². The van der Waals surface area contributed by atoms with Crippen LogP contribution in [0.4, 0.5) is 0 Å². The first-order valence-electron chi connectivity index (χ1n) is 14.0. The van der Waals surface area contributed by atoms with Gasteiger partial charge in [0.1, 0.15) is 12.1 Å². The highest BCUT2D eigenvalue weighted by atomic mass is 32.2. The van der Waals surface area contributed by atoms with Crippen molar-refractivity contribution in [1.82, 2.24) is 20.1 Å². The number of nitrogens with zero attached hydrogens (tertiary/aromatic N) is 4. The zero-order valence-corrected chi connectivity index (χ0v) is 24.5. The Labute approximate surface area is 253 Å². The number of aliphatic carboxylic acids is 1. The molecule has 1 unspecified atom stereocenters. The average Bonchev–Trinajstić information content (AvgIpc) is 3.11. The van der Waals surface area contributed by atoms with Gasteiger partial charge >= 0.3 is 12.2 Å². The monoisotopic (exact) mass is 624 g/mol. The quantitative estimate of drug-likeness (QED) is 0.134. The highest BCUT2D eigenvalue weighted by Crippen LogP contribution is 2.27. The van der Waals surface area contributed by atoms with Crippen molar-refractivity contribution in [3.8, 4) is 0 Å². The molecule has 2 aromatic rings. The van der Waals surface area contributed by atoms with E-state index in [-0.39, 0.29) is 43.5 Å². The predicted molar refractivity (Wildman–Crippen MR) is 156 cm³/mol. The number of Topliss-reactive ketones (excluding diaryl/α,β-unsaturated/α-hetero) is 1. The van der Waals surface area contributed by atoms with Crippen LogP contribution in [0.1, 0.15) is 38.5 Å². The maximum atomic E-state index is 13.9. The van der Waals surface area contributed by atoms with Crippen LogP contribution in [-0.2, 0) is 34.0 Å². The zero-order chi connectivity index (χ0) is 32.0. The summed E-state index contributed by atoms with van der Waals surface area (Å²) in [6.07, 6.45) is 1.59. The molecule has 2 aliphatic rings. The summed E-state index contributed by atoms with van der Waals surface area (Å²) >= 11 is 0. The molecule has 3 amide bonds. The highest BCUT2D eigenvalue weighted by molar-refractivity contribution is 7.89.